The third-order valence-corrected chi connectivity index (χ3v) is 3.23. The molecular weight excluding hydrogens is 262 g/mol. The number of rotatable bonds is 3. The zero-order chi connectivity index (χ0) is 14.7. The highest BCUT2D eigenvalue weighted by Gasteiger charge is 2.08. The number of pyridine rings is 1. The number of nitriles is 1. The van der Waals surface area contributed by atoms with Crippen LogP contribution in [-0.4, -0.2) is 4.98 Å². The van der Waals surface area contributed by atoms with Crippen LogP contribution in [0.1, 0.15) is 11.1 Å². The fourth-order valence-corrected chi connectivity index (χ4v) is 2.16. The van der Waals surface area contributed by atoms with E-state index in [1.807, 2.05) is 36.4 Å². The molecule has 0 atom stereocenters. The molecule has 4 heteroatoms. The second kappa shape index (κ2) is 5.61. The lowest BCUT2D eigenvalue weighted by atomic mass is 10.1. The molecule has 0 aliphatic rings. The Hall–Kier alpha value is -2.90. The van der Waals surface area contributed by atoms with Crippen molar-refractivity contribution >= 4 is 10.9 Å². The van der Waals surface area contributed by atoms with E-state index < -0.39 is 0 Å². The number of fused-ring (bicyclic) bond motifs is 1. The minimum absolute atomic E-state index is 0.396. The lowest BCUT2D eigenvalue weighted by molar-refractivity contribution is 0.486. The number of aromatic nitrogens is 1. The Morgan fingerprint density at radius 3 is 2.81 bits per heavy atom. The minimum Gasteiger partial charge on any atom is -0.455 e. The van der Waals surface area contributed by atoms with E-state index in [9.17, 15) is 5.26 Å². The van der Waals surface area contributed by atoms with Crippen LogP contribution < -0.4 is 10.5 Å². The van der Waals surface area contributed by atoms with Crippen molar-refractivity contribution in [3.63, 3.8) is 0 Å². The molecule has 0 fully saturated rings. The van der Waals surface area contributed by atoms with Gasteiger partial charge < -0.3 is 10.5 Å². The van der Waals surface area contributed by atoms with Gasteiger partial charge in [0.15, 0.2) is 0 Å². The molecule has 2 N–H and O–H groups in total. The van der Waals surface area contributed by atoms with E-state index in [-0.39, 0.29) is 0 Å². The highest BCUT2D eigenvalue weighted by atomic mass is 16.5. The van der Waals surface area contributed by atoms with Crippen LogP contribution in [0.25, 0.3) is 10.9 Å². The van der Waals surface area contributed by atoms with Crippen LogP contribution in [0.2, 0.25) is 0 Å². The molecule has 2 aromatic carbocycles. The van der Waals surface area contributed by atoms with Gasteiger partial charge in [0, 0.05) is 18.1 Å². The maximum atomic E-state index is 9.25. The van der Waals surface area contributed by atoms with Crippen molar-refractivity contribution in [1.82, 2.24) is 4.98 Å². The van der Waals surface area contributed by atoms with Gasteiger partial charge in [0.2, 0.25) is 0 Å². The van der Waals surface area contributed by atoms with Gasteiger partial charge in [-0.1, -0.05) is 12.1 Å². The lowest BCUT2D eigenvalue weighted by Gasteiger charge is -2.10. The molecule has 0 spiro atoms. The van der Waals surface area contributed by atoms with Crippen LogP contribution in [-0.2, 0) is 6.54 Å². The van der Waals surface area contributed by atoms with Gasteiger partial charge in [-0.25, -0.2) is 0 Å². The topological polar surface area (TPSA) is 71.9 Å². The zero-order valence-electron chi connectivity index (χ0n) is 11.3. The fourth-order valence-electron chi connectivity index (χ4n) is 2.16. The van der Waals surface area contributed by atoms with Gasteiger partial charge in [0.25, 0.3) is 0 Å². The van der Waals surface area contributed by atoms with Crippen molar-refractivity contribution in [2.24, 2.45) is 5.73 Å². The highest BCUT2D eigenvalue weighted by molar-refractivity contribution is 5.85. The molecule has 0 unspecified atom stereocenters. The number of hydrogen-bond acceptors (Lipinski definition) is 4. The van der Waals surface area contributed by atoms with Crippen LogP contribution >= 0.6 is 0 Å². The maximum Gasteiger partial charge on any atom is 0.145 e. The Morgan fingerprint density at radius 2 is 2.00 bits per heavy atom. The maximum absolute atomic E-state index is 9.25. The SMILES string of the molecule is N#Cc1cc(CN)ccc1Oc1cccc2ncccc12. The fraction of sp³-hybridized carbons (Fsp3) is 0.0588. The number of nitrogens with two attached hydrogens (primary N) is 1. The third kappa shape index (κ3) is 2.55. The summed E-state index contributed by atoms with van der Waals surface area (Å²) in [7, 11) is 0. The van der Waals surface area contributed by atoms with E-state index in [2.05, 4.69) is 11.1 Å². The Labute approximate surface area is 122 Å². The highest BCUT2D eigenvalue weighted by Crippen LogP contribution is 2.31. The van der Waals surface area contributed by atoms with Gasteiger partial charge >= 0.3 is 0 Å². The second-order valence-electron chi connectivity index (χ2n) is 4.57. The molecule has 0 amide bonds. The first-order chi connectivity index (χ1) is 10.3. The zero-order valence-corrected chi connectivity index (χ0v) is 11.3. The minimum atomic E-state index is 0.396. The third-order valence-electron chi connectivity index (χ3n) is 3.23. The van der Waals surface area contributed by atoms with E-state index in [0.717, 1.165) is 16.5 Å². The smallest absolute Gasteiger partial charge is 0.145 e. The summed E-state index contributed by atoms with van der Waals surface area (Å²) in [5.74, 6) is 1.20. The molecule has 0 radical (unpaired) electrons. The van der Waals surface area contributed by atoms with Crippen LogP contribution in [0.4, 0.5) is 0 Å². The van der Waals surface area contributed by atoms with Crippen LogP contribution in [0, 0.1) is 11.3 Å². The second-order valence-corrected chi connectivity index (χ2v) is 4.57. The molecule has 1 aromatic heterocycles. The van der Waals surface area contributed by atoms with Crippen molar-refractivity contribution in [2.75, 3.05) is 0 Å². The first-order valence-electron chi connectivity index (χ1n) is 6.56. The Bertz CT molecular complexity index is 832. The molecule has 102 valence electrons. The largest absolute Gasteiger partial charge is 0.455 e. The van der Waals surface area contributed by atoms with Crippen LogP contribution in [0.3, 0.4) is 0 Å². The summed E-state index contributed by atoms with van der Waals surface area (Å²) in [6, 6.07) is 17.0. The van der Waals surface area contributed by atoms with Crippen LogP contribution in [0.5, 0.6) is 11.5 Å². The average Bonchev–Trinajstić information content (AvgIpc) is 2.55. The Kier molecular flexibility index (Phi) is 3.50. The number of ether oxygens (including phenoxy) is 1. The predicted octanol–water partition coefficient (Wildman–Crippen LogP) is 3.36. The molecular formula is C17H13N3O. The van der Waals surface area contributed by atoms with Gasteiger partial charge in [-0.2, -0.15) is 5.26 Å². The summed E-state index contributed by atoms with van der Waals surface area (Å²) >= 11 is 0. The first kappa shape index (κ1) is 13.1. The molecule has 1 heterocycles. The summed E-state index contributed by atoms with van der Waals surface area (Å²) in [5, 5.41) is 10.2. The van der Waals surface area contributed by atoms with Gasteiger partial charge in [-0.3, -0.25) is 4.98 Å². The predicted molar refractivity (Wildman–Crippen MR) is 80.9 cm³/mol. The van der Waals surface area contributed by atoms with E-state index >= 15 is 0 Å². The van der Waals surface area contributed by atoms with Crippen molar-refractivity contribution < 1.29 is 4.74 Å². The Balaban J connectivity index is 2.05. The van der Waals surface area contributed by atoms with Crippen molar-refractivity contribution in [2.45, 2.75) is 6.54 Å². The van der Waals surface area contributed by atoms with Gasteiger partial charge in [0.05, 0.1) is 11.1 Å². The number of hydrogen-bond donors (Lipinski definition) is 1. The Morgan fingerprint density at radius 1 is 1.10 bits per heavy atom. The van der Waals surface area contributed by atoms with Crippen LogP contribution in [0.15, 0.2) is 54.7 Å². The standard InChI is InChI=1S/C17H13N3O/c18-10-12-6-7-16(13(9-12)11-19)21-17-5-1-4-15-14(17)3-2-8-20-15/h1-9H,10,18H2. The van der Waals surface area contributed by atoms with Gasteiger partial charge in [0.1, 0.15) is 17.6 Å². The van der Waals surface area contributed by atoms with Crippen molar-refractivity contribution in [3.05, 3.63) is 65.9 Å². The van der Waals surface area contributed by atoms with Gasteiger partial charge in [-0.15, -0.1) is 0 Å². The molecule has 3 rings (SSSR count). The number of nitrogens with zero attached hydrogens (tertiary/aromatic N) is 2. The molecule has 0 saturated carbocycles. The van der Waals surface area contributed by atoms with E-state index in [1.54, 1.807) is 18.3 Å². The summed E-state index contributed by atoms with van der Waals surface area (Å²) in [5.41, 5.74) is 7.82. The van der Waals surface area contributed by atoms with Gasteiger partial charge in [-0.05, 0) is 42.0 Å². The molecule has 3 aromatic rings. The van der Waals surface area contributed by atoms with E-state index in [0.29, 0.717) is 23.6 Å². The molecule has 21 heavy (non-hydrogen) atoms. The van der Waals surface area contributed by atoms with Crippen molar-refractivity contribution in [3.8, 4) is 17.6 Å². The molecule has 0 saturated heterocycles. The molecule has 4 nitrogen and oxygen atoms in total. The van der Waals surface area contributed by atoms with E-state index in [1.165, 1.54) is 0 Å². The monoisotopic (exact) mass is 275 g/mol. The summed E-state index contributed by atoms with van der Waals surface area (Å²) in [6.45, 7) is 0.396. The van der Waals surface area contributed by atoms with Crippen molar-refractivity contribution in [1.29, 1.82) is 5.26 Å². The first-order valence-corrected chi connectivity index (χ1v) is 6.56. The molecule has 0 aliphatic carbocycles. The lowest BCUT2D eigenvalue weighted by Crippen LogP contribution is -1.97. The molecule has 0 aliphatic heterocycles. The summed E-state index contributed by atoms with van der Waals surface area (Å²) < 4.78 is 5.91. The summed E-state index contributed by atoms with van der Waals surface area (Å²) in [6.07, 6.45) is 1.74. The average molecular weight is 275 g/mol. The molecule has 0 bridgehead atoms. The number of benzene rings is 2. The summed E-state index contributed by atoms with van der Waals surface area (Å²) in [4.78, 5) is 4.29. The van der Waals surface area contributed by atoms with E-state index in [4.69, 9.17) is 10.5 Å². The normalized spacial score (nSPS) is 10.3. The quantitative estimate of drug-likeness (QED) is 0.795.